The lowest BCUT2D eigenvalue weighted by atomic mass is 10.0. The summed E-state index contributed by atoms with van der Waals surface area (Å²) in [6, 6.07) is 5.91. The molecule has 19 heavy (non-hydrogen) atoms. The van der Waals surface area contributed by atoms with Crippen molar-refractivity contribution in [2.75, 3.05) is 18.6 Å². The normalized spacial score (nSPS) is 13.5. The zero-order valence-electron chi connectivity index (χ0n) is 11.1. The predicted molar refractivity (Wildman–Crippen MR) is 84.5 cm³/mol. The quantitative estimate of drug-likeness (QED) is 0.800. The Labute approximate surface area is 128 Å². The van der Waals surface area contributed by atoms with E-state index in [1.807, 2.05) is 25.2 Å². The second-order valence-electron chi connectivity index (χ2n) is 4.39. The average molecular weight is 369 g/mol. The van der Waals surface area contributed by atoms with Crippen LogP contribution in [0, 0.1) is 0 Å². The van der Waals surface area contributed by atoms with Gasteiger partial charge < -0.3 is 5.32 Å². The van der Waals surface area contributed by atoms with Crippen LogP contribution in [0.1, 0.15) is 31.4 Å². The van der Waals surface area contributed by atoms with Crippen LogP contribution in [0.5, 0.6) is 0 Å². The van der Waals surface area contributed by atoms with Crippen molar-refractivity contribution in [3.63, 3.8) is 0 Å². The molecule has 0 bridgehead atoms. The molecule has 6 heteroatoms. The fourth-order valence-electron chi connectivity index (χ4n) is 1.86. The van der Waals surface area contributed by atoms with E-state index in [4.69, 9.17) is 11.6 Å². The van der Waals surface area contributed by atoms with E-state index in [9.17, 15) is 8.42 Å². The second-order valence-corrected chi connectivity index (χ2v) is 8.13. The Morgan fingerprint density at radius 2 is 2.11 bits per heavy atom. The molecule has 3 nitrogen and oxygen atoms in total. The van der Waals surface area contributed by atoms with E-state index in [0.717, 1.165) is 16.5 Å². The zero-order chi connectivity index (χ0) is 14.5. The van der Waals surface area contributed by atoms with Gasteiger partial charge in [-0.2, -0.15) is 0 Å². The van der Waals surface area contributed by atoms with Gasteiger partial charge in [0.05, 0.1) is 10.8 Å². The Morgan fingerprint density at radius 1 is 1.42 bits per heavy atom. The Balaban J connectivity index is 2.66. The minimum Gasteiger partial charge on any atom is -0.313 e. The van der Waals surface area contributed by atoms with Crippen molar-refractivity contribution in [3.8, 4) is 0 Å². The summed E-state index contributed by atoms with van der Waals surface area (Å²) >= 11 is 9.36. The van der Waals surface area contributed by atoms with E-state index < -0.39 is 9.84 Å². The van der Waals surface area contributed by atoms with Gasteiger partial charge in [0.2, 0.25) is 0 Å². The molecular formula is C13H19BrClNO2S. The molecule has 0 heterocycles. The van der Waals surface area contributed by atoms with Crippen molar-refractivity contribution in [2.24, 2.45) is 0 Å². The summed E-state index contributed by atoms with van der Waals surface area (Å²) < 4.78 is 23.8. The molecule has 0 saturated heterocycles. The molecular weight excluding hydrogens is 350 g/mol. The van der Waals surface area contributed by atoms with Gasteiger partial charge in [-0.05, 0) is 53.5 Å². The summed E-state index contributed by atoms with van der Waals surface area (Å²) in [6.07, 6.45) is 1.44. The molecule has 1 atom stereocenters. The van der Waals surface area contributed by atoms with Crippen LogP contribution in [-0.2, 0) is 9.84 Å². The minimum atomic E-state index is -2.88. The van der Waals surface area contributed by atoms with Crippen LogP contribution < -0.4 is 5.32 Å². The van der Waals surface area contributed by atoms with Gasteiger partial charge in [0, 0.05) is 16.3 Å². The van der Waals surface area contributed by atoms with Crippen LogP contribution in [0.2, 0.25) is 5.02 Å². The molecule has 0 radical (unpaired) electrons. The first-order valence-corrected chi connectivity index (χ1v) is 9.21. The molecule has 108 valence electrons. The molecule has 0 aromatic heterocycles. The Kier molecular flexibility index (Phi) is 6.80. The summed E-state index contributed by atoms with van der Waals surface area (Å²) in [5, 5.41) is 3.88. The van der Waals surface area contributed by atoms with E-state index in [0.29, 0.717) is 11.4 Å². The van der Waals surface area contributed by atoms with Crippen molar-refractivity contribution in [1.82, 2.24) is 5.32 Å². The topological polar surface area (TPSA) is 46.2 Å². The Bertz CT molecular complexity index is 519. The molecule has 1 aromatic rings. The number of hydrogen-bond donors (Lipinski definition) is 1. The molecule has 1 unspecified atom stereocenters. The van der Waals surface area contributed by atoms with Gasteiger partial charge in [0.1, 0.15) is 9.84 Å². The fourth-order valence-corrected chi connectivity index (χ4v) is 3.27. The van der Waals surface area contributed by atoms with Crippen LogP contribution in [0.3, 0.4) is 0 Å². The van der Waals surface area contributed by atoms with Gasteiger partial charge in [-0.3, -0.25) is 0 Å². The van der Waals surface area contributed by atoms with Gasteiger partial charge in [-0.15, -0.1) is 0 Å². The van der Waals surface area contributed by atoms with Crippen molar-refractivity contribution in [3.05, 3.63) is 33.3 Å². The first-order chi connectivity index (χ1) is 8.89. The number of sulfone groups is 1. The summed E-state index contributed by atoms with van der Waals surface area (Å²) in [7, 11) is -1.00. The molecule has 0 amide bonds. The molecule has 0 saturated carbocycles. The lowest BCUT2D eigenvalue weighted by molar-refractivity contribution is 0.535. The third-order valence-corrected chi connectivity index (χ3v) is 6.09. The van der Waals surface area contributed by atoms with Crippen molar-refractivity contribution < 1.29 is 8.42 Å². The maximum Gasteiger partial charge on any atom is 0.150 e. The molecule has 0 aliphatic carbocycles. The molecule has 0 aliphatic rings. The van der Waals surface area contributed by atoms with Crippen LogP contribution >= 0.6 is 27.5 Å². The van der Waals surface area contributed by atoms with E-state index in [2.05, 4.69) is 21.2 Å². The van der Waals surface area contributed by atoms with Crippen LogP contribution in [0.25, 0.3) is 0 Å². The molecule has 0 spiro atoms. The largest absolute Gasteiger partial charge is 0.313 e. The average Bonchev–Trinajstić information content (AvgIpc) is 2.38. The van der Waals surface area contributed by atoms with Gasteiger partial charge in [-0.25, -0.2) is 8.42 Å². The third kappa shape index (κ3) is 5.42. The summed E-state index contributed by atoms with van der Waals surface area (Å²) in [5.74, 6) is 0.458. The second kappa shape index (κ2) is 7.62. The number of halogens is 2. The van der Waals surface area contributed by atoms with Crippen LogP contribution in [0.15, 0.2) is 22.7 Å². The standard InChI is InChI=1S/C13H19BrClNO2S/c1-3-19(17,18)8-4-5-13(16-2)10-6-7-12(15)11(14)9-10/h6-7,9,13,16H,3-5,8H2,1-2H3. The van der Waals surface area contributed by atoms with Gasteiger partial charge >= 0.3 is 0 Å². The highest BCUT2D eigenvalue weighted by atomic mass is 79.9. The number of rotatable bonds is 7. The van der Waals surface area contributed by atoms with Gasteiger partial charge in [0.25, 0.3) is 0 Å². The van der Waals surface area contributed by atoms with E-state index in [1.165, 1.54) is 0 Å². The third-order valence-electron chi connectivity index (χ3n) is 3.08. The lowest BCUT2D eigenvalue weighted by Crippen LogP contribution is -2.18. The number of nitrogens with one attached hydrogen (secondary N) is 1. The monoisotopic (exact) mass is 367 g/mol. The smallest absolute Gasteiger partial charge is 0.150 e. The SMILES string of the molecule is CCS(=O)(=O)CCCC(NC)c1ccc(Cl)c(Br)c1. The molecule has 1 rings (SSSR count). The van der Waals surface area contributed by atoms with E-state index in [1.54, 1.807) is 6.92 Å². The highest BCUT2D eigenvalue weighted by Crippen LogP contribution is 2.27. The Hall–Kier alpha value is -0.100. The van der Waals surface area contributed by atoms with Crippen LogP contribution in [-0.4, -0.2) is 27.0 Å². The first kappa shape index (κ1) is 17.0. The highest BCUT2D eigenvalue weighted by Gasteiger charge is 2.13. The van der Waals surface area contributed by atoms with E-state index in [-0.39, 0.29) is 17.5 Å². The number of benzene rings is 1. The summed E-state index contributed by atoms with van der Waals surface area (Å²) in [4.78, 5) is 0. The molecule has 1 N–H and O–H groups in total. The van der Waals surface area contributed by atoms with Gasteiger partial charge in [0.15, 0.2) is 0 Å². The fraction of sp³-hybridized carbons (Fsp3) is 0.538. The minimum absolute atomic E-state index is 0.139. The molecule has 0 aliphatic heterocycles. The summed E-state index contributed by atoms with van der Waals surface area (Å²) in [6.45, 7) is 1.68. The van der Waals surface area contributed by atoms with Crippen molar-refractivity contribution in [2.45, 2.75) is 25.8 Å². The lowest BCUT2D eigenvalue weighted by Gasteiger charge is -2.17. The highest BCUT2D eigenvalue weighted by molar-refractivity contribution is 9.10. The molecule has 1 aromatic carbocycles. The van der Waals surface area contributed by atoms with E-state index >= 15 is 0 Å². The van der Waals surface area contributed by atoms with Crippen LogP contribution in [0.4, 0.5) is 0 Å². The maximum atomic E-state index is 11.5. The van der Waals surface area contributed by atoms with Crippen molar-refractivity contribution in [1.29, 1.82) is 0 Å². The maximum absolute atomic E-state index is 11.5. The first-order valence-electron chi connectivity index (χ1n) is 6.22. The zero-order valence-corrected chi connectivity index (χ0v) is 14.3. The Morgan fingerprint density at radius 3 is 2.63 bits per heavy atom. The number of hydrogen-bond acceptors (Lipinski definition) is 3. The van der Waals surface area contributed by atoms with Crippen molar-refractivity contribution >= 4 is 37.4 Å². The summed E-state index contributed by atoms with van der Waals surface area (Å²) in [5.41, 5.74) is 1.10. The predicted octanol–water partition coefficient (Wildman–Crippen LogP) is 3.58. The van der Waals surface area contributed by atoms with Gasteiger partial charge in [-0.1, -0.05) is 24.6 Å². The molecule has 0 fully saturated rings.